The van der Waals surface area contributed by atoms with Gasteiger partial charge in [0.2, 0.25) is 5.89 Å². The molecule has 2 aromatic rings. The smallest absolute Gasteiger partial charge is 0.392 e. The first-order chi connectivity index (χ1) is 11.4. The lowest BCUT2D eigenvalue weighted by atomic mass is 9.96. The molecule has 1 saturated carbocycles. The fourth-order valence-corrected chi connectivity index (χ4v) is 3.02. The van der Waals surface area contributed by atoms with Crippen LogP contribution in [0.4, 0.5) is 8.78 Å². The number of carbonyl (C=O) groups is 1. The Balaban J connectivity index is 1.39. The third kappa shape index (κ3) is 2.61. The molecule has 1 atom stereocenters. The third-order valence-electron chi connectivity index (χ3n) is 4.53. The van der Waals surface area contributed by atoms with Gasteiger partial charge in [0.05, 0.1) is 0 Å². The Morgan fingerprint density at radius 2 is 2.08 bits per heavy atom. The fourth-order valence-electron chi connectivity index (χ4n) is 3.02. The first kappa shape index (κ1) is 15.0. The number of piperidine rings is 1. The second-order valence-electron chi connectivity index (χ2n) is 6.18. The molecule has 1 aliphatic carbocycles. The molecule has 1 saturated heterocycles. The van der Waals surface area contributed by atoms with E-state index in [4.69, 9.17) is 4.42 Å². The molecule has 0 bridgehead atoms. The van der Waals surface area contributed by atoms with Crippen molar-refractivity contribution in [1.29, 1.82) is 0 Å². The van der Waals surface area contributed by atoms with Gasteiger partial charge in [-0.3, -0.25) is 9.48 Å². The van der Waals surface area contributed by atoms with Gasteiger partial charge in [0.1, 0.15) is 11.7 Å². The van der Waals surface area contributed by atoms with Crippen LogP contribution in [0.5, 0.6) is 0 Å². The molecule has 1 amide bonds. The van der Waals surface area contributed by atoms with Crippen molar-refractivity contribution >= 4 is 5.91 Å². The standard InChI is InChI=1S/C14H15F2N5O3/c15-14(16)7-10(14)21-6-3-9(19-21)12(22)20-4-1-8(2-5-20)11-17-18-13(23)24-11/h3,6,8,10H,1-2,4-5,7H2,(H,18,23). The molecule has 1 aliphatic heterocycles. The van der Waals surface area contributed by atoms with Crippen molar-refractivity contribution in [2.75, 3.05) is 13.1 Å². The van der Waals surface area contributed by atoms with E-state index >= 15 is 0 Å². The number of halogens is 2. The van der Waals surface area contributed by atoms with Crippen LogP contribution in [0.1, 0.15) is 47.6 Å². The first-order valence-electron chi connectivity index (χ1n) is 7.72. The number of likely N-dealkylation sites (tertiary alicyclic amines) is 1. The second-order valence-corrected chi connectivity index (χ2v) is 6.18. The summed E-state index contributed by atoms with van der Waals surface area (Å²) in [5, 5.41) is 10.0. The maximum atomic E-state index is 13.1. The zero-order valence-electron chi connectivity index (χ0n) is 12.6. The highest BCUT2D eigenvalue weighted by atomic mass is 19.3. The van der Waals surface area contributed by atoms with Gasteiger partial charge in [-0.2, -0.15) is 5.10 Å². The van der Waals surface area contributed by atoms with Crippen LogP contribution in [0.25, 0.3) is 0 Å². The molecular weight excluding hydrogens is 324 g/mol. The molecule has 0 aromatic carbocycles. The van der Waals surface area contributed by atoms with Crippen LogP contribution in [0.15, 0.2) is 21.5 Å². The predicted molar refractivity (Wildman–Crippen MR) is 75.8 cm³/mol. The number of rotatable bonds is 3. The summed E-state index contributed by atoms with van der Waals surface area (Å²) < 4.78 is 32.2. The van der Waals surface area contributed by atoms with E-state index in [0.717, 1.165) is 0 Å². The molecule has 3 heterocycles. The van der Waals surface area contributed by atoms with Crippen molar-refractivity contribution in [2.24, 2.45) is 0 Å². The Hall–Kier alpha value is -2.52. The Bertz CT molecular complexity index is 818. The van der Waals surface area contributed by atoms with Crippen molar-refractivity contribution < 1.29 is 18.0 Å². The maximum absolute atomic E-state index is 13.1. The van der Waals surface area contributed by atoms with Crippen molar-refractivity contribution in [1.82, 2.24) is 24.9 Å². The van der Waals surface area contributed by atoms with E-state index in [-0.39, 0.29) is 23.9 Å². The SMILES string of the molecule is O=C(c1ccn(C2CC2(F)F)n1)N1CCC(c2n[nH]c(=O)o2)CC1. The Morgan fingerprint density at radius 3 is 2.67 bits per heavy atom. The lowest BCUT2D eigenvalue weighted by Crippen LogP contribution is -2.38. The largest absolute Gasteiger partial charge is 0.434 e. The minimum absolute atomic E-state index is 0.0179. The molecule has 10 heteroatoms. The highest BCUT2D eigenvalue weighted by Crippen LogP contribution is 2.52. The average Bonchev–Trinajstić information content (AvgIpc) is 2.98. The highest BCUT2D eigenvalue weighted by Gasteiger charge is 2.59. The Morgan fingerprint density at radius 1 is 1.38 bits per heavy atom. The number of H-pyrrole nitrogens is 1. The summed E-state index contributed by atoms with van der Waals surface area (Å²) >= 11 is 0. The van der Waals surface area contributed by atoms with E-state index in [0.29, 0.717) is 31.8 Å². The molecule has 2 fully saturated rings. The molecule has 8 nitrogen and oxygen atoms in total. The van der Waals surface area contributed by atoms with Gasteiger partial charge in [0.15, 0.2) is 0 Å². The summed E-state index contributed by atoms with van der Waals surface area (Å²) in [6, 6.07) is 0.530. The number of nitrogens with one attached hydrogen (secondary N) is 1. The summed E-state index contributed by atoms with van der Waals surface area (Å²) in [6.45, 7) is 0.930. The zero-order chi connectivity index (χ0) is 16.9. The van der Waals surface area contributed by atoms with Crippen LogP contribution >= 0.6 is 0 Å². The van der Waals surface area contributed by atoms with Crippen LogP contribution in [0.2, 0.25) is 0 Å². The zero-order valence-corrected chi connectivity index (χ0v) is 12.6. The number of hydrogen-bond acceptors (Lipinski definition) is 5. The summed E-state index contributed by atoms with van der Waals surface area (Å²) in [4.78, 5) is 25.0. The molecule has 1 N–H and O–H groups in total. The normalized spacial score (nSPS) is 23.4. The lowest BCUT2D eigenvalue weighted by Gasteiger charge is -2.29. The van der Waals surface area contributed by atoms with Crippen molar-refractivity contribution in [3.63, 3.8) is 0 Å². The summed E-state index contributed by atoms with van der Waals surface area (Å²) in [5.74, 6) is -3.26. The van der Waals surface area contributed by atoms with Crippen LogP contribution in [0.3, 0.4) is 0 Å². The van der Waals surface area contributed by atoms with E-state index in [1.54, 1.807) is 4.90 Å². The van der Waals surface area contributed by atoms with Crippen molar-refractivity contribution in [2.45, 2.75) is 37.1 Å². The summed E-state index contributed by atoms with van der Waals surface area (Å²) in [7, 11) is 0. The average molecular weight is 339 g/mol. The number of aromatic amines is 1. The van der Waals surface area contributed by atoms with Crippen LogP contribution in [0, 0.1) is 0 Å². The van der Waals surface area contributed by atoms with E-state index < -0.39 is 17.7 Å². The second kappa shape index (κ2) is 5.25. The quantitative estimate of drug-likeness (QED) is 0.905. The number of alkyl halides is 2. The maximum Gasteiger partial charge on any atom is 0.434 e. The molecule has 2 aromatic heterocycles. The molecule has 4 rings (SSSR count). The minimum atomic E-state index is -2.72. The molecule has 0 radical (unpaired) electrons. The molecule has 128 valence electrons. The Labute approximate surface area is 134 Å². The van der Waals surface area contributed by atoms with E-state index in [9.17, 15) is 18.4 Å². The third-order valence-corrected chi connectivity index (χ3v) is 4.53. The lowest BCUT2D eigenvalue weighted by molar-refractivity contribution is 0.0695. The van der Waals surface area contributed by atoms with Gasteiger partial charge in [-0.15, -0.1) is 5.10 Å². The van der Waals surface area contributed by atoms with Gasteiger partial charge in [-0.05, 0) is 18.9 Å². The van der Waals surface area contributed by atoms with Crippen molar-refractivity contribution in [3.8, 4) is 0 Å². The molecule has 0 spiro atoms. The van der Waals surface area contributed by atoms with Crippen LogP contribution in [-0.2, 0) is 0 Å². The number of carbonyl (C=O) groups excluding carboxylic acids is 1. The van der Waals surface area contributed by atoms with Gasteiger partial charge < -0.3 is 9.32 Å². The highest BCUT2D eigenvalue weighted by molar-refractivity contribution is 5.92. The van der Waals surface area contributed by atoms with E-state index in [1.165, 1.54) is 16.9 Å². The van der Waals surface area contributed by atoms with Gasteiger partial charge in [-0.1, -0.05) is 0 Å². The fraction of sp³-hybridized carbons (Fsp3) is 0.571. The Kier molecular flexibility index (Phi) is 3.29. The first-order valence-corrected chi connectivity index (χ1v) is 7.72. The number of amides is 1. The summed E-state index contributed by atoms with van der Waals surface area (Å²) in [6.07, 6.45) is 2.41. The molecule has 24 heavy (non-hydrogen) atoms. The minimum Gasteiger partial charge on any atom is -0.392 e. The molecule has 2 aliphatic rings. The monoisotopic (exact) mass is 339 g/mol. The number of nitrogens with zero attached hydrogens (tertiary/aromatic N) is 4. The van der Waals surface area contributed by atoms with Gasteiger partial charge in [0.25, 0.3) is 11.8 Å². The number of hydrogen-bond donors (Lipinski definition) is 1. The molecule has 1 unspecified atom stereocenters. The molecular formula is C14H15F2N5O3. The van der Waals surface area contributed by atoms with Gasteiger partial charge in [-0.25, -0.2) is 18.7 Å². The predicted octanol–water partition coefficient (Wildman–Crippen LogP) is 1.16. The van der Waals surface area contributed by atoms with E-state index in [2.05, 4.69) is 15.3 Å². The van der Waals surface area contributed by atoms with Crippen LogP contribution in [-0.4, -0.2) is 49.8 Å². The van der Waals surface area contributed by atoms with Gasteiger partial charge >= 0.3 is 5.76 Å². The number of aromatic nitrogens is 4. The van der Waals surface area contributed by atoms with Gasteiger partial charge in [0, 0.05) is 31.6 Å². The van der Waals surface area contributed by atoms with E-state index in [1.807, 2.05) is 0 Å². The summed E-state index contributed by atoms with van der Waals surface area (Å²) in [5.41, 5.74) is 0.169. The van der Waals surface area contributed by atoms with Crippen molar-refractivity contribution in [3.05, 3.63) is 34.4 Å². The van der Waals surface area contributed by atoms with Crippen LogP contribution < -0.4 is 5.76 Å². The topological polar surface area (TPSA) is 97.0 Å².